The zero-order chi connectivity index (χ0) is 19.9. The predicted molar refractivity (Wildman–Crippen MR) is 107 cm³/mol. The van der Waals surface area contributed by atoms with Crippen LogP contribution >= 0.6 is 0 Å². The summed E-state index contributed by atoms with van der Waals surface area (Å²) in [6, 6.07) is 11.8. The summed E-state index contributed by atoms with van der Waals surface area (Å²) in [5, 5.41) is 5.25. The van der Waals surface area contributed by atoms with Crippen LogP contribution in [0.4, 0.5) is 5.69 Å². The quantitative estimate of drug-likeness (QED) is 0.448. The summed E-state index contributed by atoms with van der Waals surface area (Å²) in [4.78, 5) is 40.8. The Bertz CT molecular complexity index is 1020. The van der Waals surface area contributed by atoms with Gasteiger partial charge in [0.05, 0.1) is 24.2 Å². The van der Waals surface area contributed by atoms with E-state index in [2.05, 4.69) is 27.5 Å². The number of ether oxygens (including phenoxy) is 1. The van der Waals surface area contributed by atoms with Crippen LogP contribution in [0.3, 0.4) is 0 Å². The molecule has 146 valence electrons. The zero-order valence-corrected chi connectivity index (χ0v) is 15.5. The van der Waals surface area contributed by atoms with Gasteiger partial charge in [0.2, 0.25) is 5.91 Å². The van der Waals surface area contributed by atoms with Crippen LogP contribution in [0.1, 0.15) is 30.1 Å². The fourth-order valence-corrected chi connectivity index (χ4v) is 2.61. The number of H-pyrrole nitrogens is 2. The number of carbonyl (C=O) groups is 2. The van der Waals surface area contributed by atoms with E-state index in [-0.39, 0.29) is 24.0 Å². The van der Waals surface area contributed by atoms with Gasteiger partial charge in [-0.1, -0.05) is 13.3 Å². The summed E-state index contributed by atoms with van der Waals surface area (Å²) in [6.45, 7) is 2.56. The summed E-state index contributed by atoms with van der Waals surface area (Å²) in [6.07, 6.45) is 2.03. The number of hydrogen-bond acceptors (Lipinski definition) is 4. The Morgan fingerprint density at radius 1 is 1.04 bits per heavy atom. The third-order valence-corrected chi connectivity index (χ3v) is 4.09. The molecule has 0 saturated carbocycles. The average molecular weight is 382 g/mol. The Balaban J connectivity index is 1.50. The van der Waals surface area contributed by atoms with Crippen molar-refractivity contribution in [3.8, 4) is 5.75 Å². The highest BCUT2D eigenvalue weighted by Gasteiger charge is 2.09. The van der Waals surface area contributed by atoms with E-state index in [0.717, 1.165) is 12.8 Å². The molecule has 3 rings (SSSR count). The summed E-state index contributed by atoms with van der Waals surface area (Å²) >= 11 is 0. The molecule has 0 unspecified atom stereocenters. The highest BCUT2D eigenvalue weighted by Crippen LogP contribution is 2.15. The van der Waals surface area contributed by atoms with E-state index in [1.165, 1.54) is 0 Å². The number of unbranched alkanes of at least 4 members (excludes halogenated alkanes) is 1. The van der Waals surface area contributed by atoms with Crippen molar-refractivity contribution in [3.05, 3.63) is 58.5 Å². The molecule has 1 heterocycles. The van der Waals surface area contributed by atoms with Crippen LogP contribution < -0.4 is 21.1 Å². The highest BCUT2D eigenvalue weighted by atomic mass is 16.5. The van der Waals surface area contributed by atoms with Crippen LogP contribution in [0.25, 0.3) is 11.0 Å². The zero-order valence-electron chi connectivity index (χ0n) is 15.5. The SMILES string of the molecule is CCCCOc1ccc(C(=O)NCC(=O)Nc2ccc3[nH]c(=O)[nH]c3c2)cc1. The second-order valence-corrected chi connectivity index (χ2v) is 6.30. The lowest BCUT2D eigenvalue weighted by Crippen LogP contribution is -2.32. The lowest BCUT2D eigenvalue weighted by molar-refractivity contribution is -0.115. The number of aromatic nitrogens is 2. The molecule has 0 aliphatic heterocycles. The fourth-order valence-electron chi connectivity index (χ4n) is 2.61. The Morgan fingerprint density at radius 3 is 2.54 bits per heavy atom. The number of imidazole rings is 1. The molecule has 0 bridgehead atoms. The number of aromatic amines is 2. The molecular formula is C20H22N4O4. The third-order valence-electron chi connectivity index (χ3n) is 4.09. The average Bonchev–Trinajstić information content (AvgIpc) is 3.06. The van der Waals surface area contributed by atoms with E-state index < -0.39 is 0 Å². The second kappa shape index (κ2) is 8.90. The van der Waals surface area contributed by atoms with Gasteiger partial charge in [-0.15, -0.1) is 0 Å². The van der Waals surface area contributed by atoms with Gasteiger partial charge in [0.25, 0.3) is 5.91 Å². The second-order valence-electron chi connectivity index (χ2n) is 6.30. The normalized spacial score (nSPS) is 10.6. The molecular weight excluding hydrogens is 360 g/mol. The molecule has 0 aliphatic rings. The van der Waals surface area contributed by atoms with E-state index in [1.807, 2.05) is 0 Å². The topological polar surface area (TPSA) is 116 Å². The first-order chi connectivity index (χ1) is 13.5. The summed E-state index contributed by atoms with van der Waals surface area (Å²) < 4.78 is 5.56. The number of nitrogens with one attached hydrogen (secondary N) is 4. The number of anilines is 1. The van der Waals surface area contributed by atoms with Crippen LogP contribution in [-0.4, -0.2) is 34.9 Å². The smallest absolute Gasteiger partial charge is 0.323 e. The molecule has 1 aromatic heterocycles. The van der Waals surface area contributed by atoms with Crippen LogP contribution in [-0.2, 0) is 4.79 Å². The number of benzene rings is 2. The van der Waals surface area contributed by atoms with Crippen LogP contribution in [0, 0.1) is 0 Å². The Morgan fingerprint density at radius 2 is 1.79 bits per heavy atom. The van der Waals surface area contributed by atoms with E-state index in [0.29, 0.717) is 34.6 Å². The molecule has 8 heteroatoms. The first-order valence-corrected chi connectivity index (χ1v) is 9.08. The molecule has 3 aromatic rings. The van der Waals surface area contributed by atoms with Crippen LogP contribution in [0.5, 0.6) is 5.75 Å². The van der Waals surface area contributed by atoms with Crippen LogP contribution in [0.2, 0.25) is 0 Å². The molecule has 0 saturated heterocycles. The predicted octanol–water partition coefficient (Wildman–Crippen LogP) is 2.40. The van der Waals surface area contributed by atoms with E-state index in [4.69, 9.17) is 4.74 Å². The van der Waals surface area contributed by atoms with Crippen molar-refractivity contribution in [1.82, 2.24) is 15.3 Å². The maximum Gasteiger partial charge on any atom is 0.323 e. The molecule has 0 atom stereocenters. The summed E-state index contributed by atoms with van der Waals surface area (Å²) in [5.41, 5.74) is 1.90. The van der Waals surface area contributed by atoms with E-state index in [1.54, 1.807) is 42.5 Å². The summed E-state index contributed by atoms with van der Waals surface area (Å²) in [5.74, 6) is -0.00768. The van der Waals surface area contributed by atoms with Gasteiger partial charge in [-0.3, -0.25) is 9.59 Å². The molecule has 2 amide bonds. The van der Waals surface area contributed by atoms with Gasteiger partial charge in [0, 0.05) is 11.3 Å². The van der Waals surface area contributed by atoms with Gasteiger partial charge in [0.1, 0.15) is 5.75 Å². The number of hydrogen-bond donors (Lipinski definition) is 4. The van der Waals surface area contributed by atoms with Crippen molar-refractivity contribution in [2.75, 3.05) is 18.5 Å². The minimum atomic E-state index is -0.370. The van der Waals surface area contributed by atoms with Gasteiger partial charge in [0.15, 0.2) is 0 Å². The van der Waals surface area contributed by atoms with Crippen molar-refractivity contribution < 1.29 is 14.3 Å². The van der Waals surface area contributed by atoms with Gasteiger partial charge in [-0.2, -0.15) is 0 Å². The molecule has 0 radical (unpaired) electrons. The van der Waals surface area contributed by atoms with Gasteiger partial charge in [-0.05, 0) is 48.9 Å². The third kappa shape index (κ3) is 5.00. The highest BCUT2D eigenvalue weighted by molar-refractivity contribution is 5.99. The molecule has 0 spiro atoms. The number of amides is 2. The molecule has 4 N–H and O–H groups in total. The van der Waals surface area contributed by atoms with E-state index in [9.17, 15) is 14.4 Å². The largest absolute Gasteiger partial charge is 0.494 e. The van der Waals surface area contributed by atoms with Crippen molar-refractivity contribution in [2.45, 2.75) is 19.8 Å². The minimum absolute atomic E-state index is 0.171. The van der Waals surface area contributed by atoms with Gasteiger partial charge < -0.3 is 25.3 Å². The fraction of sp³-hybridized carbons (Fsp3) is 0.250. The van der Waals surface area contributed by atoms with E-state index >= 15 is 0 Å². The number of fused-ring (bicyclic) bond motifs is 1. The van der Waals surface area contributed by atoms with Crippen LogP contribution in [0.15, 0.2) is 47.3 Å². The first-order valence-electron chi connectivity index (χ1n) is 9.08. The minimum Gasteiger partial charge on any atom is -0.494 e. The molecule has 0 aliphatic carbocycles. The van der Waals surface area contributed by atoms with Gasteiger partial charge >= 0.3 is 5.69 Å². The number of rotatable bonds is 8. The maximum atomic E-state index is 12.2. The van der Waals surface area contributed by atoms with Crippen molar-refractivity contribution >= 4 is 28.5 Å². The Hall–Kier alpha value is -3.55. The number of carbonyl (C=O) groups excluding carboxylic acids is 2. The lowest BCUT2D eigenvalue weighted by atomic mass is 10.2. The molecule has 28 heavy (non-hydrogen) atoms. The van der Waals surface area contributed by atoms with Crippen molar-refractivity contribution in [3.63, 3.8) is 0 Å². The first kappa shape index (κ1) is 19.2. The van der Waals surface area contributed by atoms with Crippen molar-refractivity contribution in [2.24, 2.45) is 0 Å². The lowest BCUT2D eigenvalue weighted by Gasteiger charge is -2.08. The molecule has 8 nitrogen and oxygen atoms in total. The summed E-state index contributed by atoms with van der Waals surface area (Å²) in [7, 11) is 0. The Labute approximate surface area is 161 Å². The maximum absolute atomic E-state index is 12.2. The van der Waals surface area contributed by atoms with Gasteiger partial charge in [-0.25, -0.2) is 4.79 Å². The molecule has 2 aromatic carbocycles. The molecule has 0 fully saturated rings. The monoisotopic (exact) mass is 382 g/mol. The van der Waals surface area contributed by atoms with Crippen molar-refractivity contribution in [1.29, 1.82) is 0 Å². The Kier molecular flexibility index (Phi) is 6.11. The standard InChI is InChI=1S/C20H22N4O4/c1-2-3-10-28-15-7-4-13(5-8-15)19(26)21-12-18(25)22-14-6-9-16-17(11-14)24-20(27)23-16/h4-9,11H,2-3,10,12H2,1H3,(H,21,26)(H,22,25)(H2,23,24,27).